The maximum Gasteiger partial charge on any atom is 0.213 e. The van der Waals surface area contributed by atoms with Gasteiger partial charge in [-0.15, -0.1) is 24.0 Å². The summed E-state index contributed by atoms with van der Waals surface area (Å²) in [5.74, 6) is 1.65. The summed E-state index contributed by atoms with van der Waals surface area (Å²) in [6, 6.07) is 4.58. The summed E-state index contributed by atoms with van der Waals surface area (Å²) in [6.45, 7) is 9.44. The molecule has 170 valence electrons. The van der Waals surface area contributed by atoms with Crippen LogP contribution in [0.5, 0.6) is 5.88 Å². The van der Waals surface area contributed by atoms with Crippen LogP contribution in [0.15, 0.2) is 23.3 Å². The fraction of sp³-hybridized carbons (Fsp3) is 0.739. The molecule has 0 unspecified atom stereocenters. The minimum Gasteiger partial charge on any atom is -0.474 e. The predicted octanol–water partition coefficient (Wildman–Crippen LogP) is 4.34. The van der Waals surface area contributed by atoms with E-state index in [0.717, 1.165) is 36.8 Å². The number of pyridine rings is 1. The van der Waals surface area contributed by atoms with E-state index in [4.69, 9.17) is 9.73 Å². The molecule has 0 radical (unpaired) electrons. The second-order valence-electron chi connectivity index (χ2n) is 8.34. The molecule has 6 nitrogen and oxygen atoms in total. The van der Waals surface area contributed by atoms with E-state index in [1.165, 1.54) is 58.2 Å². The molecule has 1 saturated heterocycles. The lowest BCUT2D eigenvalue weighted by molar-refractivity contribution is 0.148. The van der Waals surface area contributed by atoms with Crippen molar-refractivity contribution >= 4 is 29.9 Å². The Bertz CT molecular complexity index is 628. The largest absolute Gasteiger partial charge is 0.474 e. The number of ether oxygens (including phenoxy) is 1. The molecule has 7 heteroatoms. The first-order chi connectivity index (χ1) is 14.3. The number of nitrogens with one attached hydrogen (secondary N) is 2. The first kappa shape index (κ1) is 25.2. The molecule has 1 aliphatic carbocycles. The highest BCUT2D eigenvalue weighted by molar-refractivity contribution is 14.0. The van der Waals surface area contributed by atoms with Gasteiger partial charge in [0.1, 0.15) is 6.10 Å². The average molecular weight is 530 g/mol. The van der Waals surface area contributed by atoms with Crippen LogP contribution in [-0.4, -0.2) is 54.2 Å². The van der Waals surface area contributed by atoms with E-state index in [0.29, 0.717) is 18.7 Å². The van der Waals surface area contributed by atoms with Crippen LogP contribution in [0.3, 0.4) is 0 Å². The van der Waals surface area contributed by atoms with Gasteiger partial charge in [-0.25, -0.2) is 9.98 Å². The van der Waals surface area contributed by atoms with Gasteiger partial charge in [-0.2, -0.15) is 0 Å². The minimum absolute atomic E-state index is 0. The molecule has 0 aromatic carbocycles. The maximum absolute atomic E-state index is 6.11. The Balaban J connectivity index is 0.00000320. The number of likely N-dealkylation sites (tertiary alicyclic amines) is 1. The zero-order valence-electron chi connectivity index (χ0n) is 18.7. The number of rotatable bonds is 8. The number of halogens is 1. The summed E-state index contributed by atoms with van der Waals surface area (Å²) in [5, 5.41) is 7.03. The van der Waals surface area contributed by atoms with Crippen molar-refractivity contribution in [1.29, 1.82) is 0 Å². The molecule has 2 aliphatic rings. The van der Waals surface area contributed by atoms with E-state index in [1.807, 2.05) is 18.3 Å². The Hall–Kier alpha value is -1.09. The first-order valence-electron chi connectivity index (χ1n) is 11.7. The number of hydrogen-bond acceptors (Lipinski definition) is 4. The minimum atomic E-state index is 0. The highest BCUT2D eigenvalue weighted by atomic mass is 127. The van der Waals surface area contributed by atoms with Gasteiger partial charge in [0.2, 0.25) is 5.88 Å². The molecular formula is C23H40IN5O. The van der Waals surface area contributed by atoms with E-state index >= 15 is 0 Å². The number of guanidine groups is 1. The molecule has 1 aliphatic heterocycles. The van der Waals surface area contributed by atoms with Crippen LogP contribution in [0.4, 0.5) is 0 Å². The number of aromatic nitrogens is 1. The molecule has 2 fully saturated rings. The lowest BCUT2D eigenvalue weighted by atomic mass is 9.98. The molecule has 0 spiro atoms. The van der Waals surface area contributed by atoms with Crippen LogP contribution in [-0.2, 0) is 6.54 Å². The van der Waals surface area contributed by atoms with Gasteiger partial charge in [0.05, 0.1) is 6.54 Å². The monoisotopic (exact) mass is 529 g/mol. The van der Waals surface area contributed by atoms with Crippen molar-refractivity contribution < 1.29 is 4.74 Å². The average Bonchev–Trinajstić information content (AvgIpc) is 2.75. The molecule has 1 saturated carbocycles. The standard InChI is InChI=1S/C23H39N5O.HI/c1-3-14-28-15-11-20(12-16-28)27-23(24-4-2)26-18-19-10-13-25-22(17-19)29-21-8-6-5-7-9-21;/h10,13,17,20-21H,3-9,11-12,14-16,18H2,1-2H3,(H2,24,26,27);1H. The smallest absolute Gasteiger partial charge is 0.213 e. The molecule has 1 aromatic rings. The molecule has 30 heavy (non-hydrogen) atoms. The number of nitrogens with zero attached hydrogens (tertiary/aromatic N) is 3. The SMILES string of the molecule is CCCN1CCC(NC(=NCc2ccnc(OC3CCCCC3)c2)NCC)CC1.I. The summed E-state index contributed by atoms with van der Waals surface area (Å²) >= 11 is 0. The van der Waals surface area contributed by atoms with Crippen molar-refractivity contribution in [2.45, 2.75) is 83.9 Å². The van der Waals surface area contributed by atoms with Crippen LogP contribution in [0.2, 0.25) is 0 Å². The zero-order valence-corrected chi connectivity index (χ0v) is 21.1. The Kier molecular flexibility index (Phi) is 11.8. The topological polar surface area (TPSA) is 61.8 Å². The highest BCUT2D eigenvalue weighted by Gasteiger charge is 2.19. The number of piperidine rings is 1. The highest BCUT2D eigenvalue weighted by Crippen LogP contribution is 2.22. The first-order valence-corrected chi connectivity index (χ1v) is 11.7. The van der Waals surface area contributed by atoms with Crippen molar-refractivity contribution in [2.24, 2.45) is 4.99 Å². The van der Waals surface area contributed by atoms with Gasteiger partial charge in [0, 0.05) is 37.9 Å². The van der Waals surface area contributed by atoms with Gasteiger partial charge >= 0.3 is 0 Å². The third-order valence-electron chi connectivity index (χ3n) is 5.87. The van der Waals surface area contributed by atoms with Crippen molar-refractivity contribution in [3.63, 3.8) is 0 Å². The Morgan fingerprint density at radius 3 is 2.63 bits per heavy atom. The second kappa shape index (κ2) is 14.1. The molecule has 1 aromatic heterocycles. The Labute approximate surface area is 199 Å². The van der Waals surface area contributed by atoms with Crippen LogP contribution in [0.1, 0.15) is 70.8 Å². The van der Waals surface area contributed by atoms with Crippen LogP contribution in [0, 0.1) is 0 Å². The Morgan fingerprint density at radius 2 is 1.93 bits per heavy atom. The van der Waals surface area contributed by atoms with Crippen LogP contribution < -0.4 is 15.4 Å². The van der Waals surface area contributed by atoms with Crippen molar-refractivity contribution in [1.82, 2.24) is 20.5 Å². The van der Waals surface area contributed by atoms with E-state index < -0.39 is 0 Å². The summed E-state index contributed by atoms with van der Waals surface area (Å²) in [4.78, 5) is 11.8. The van der Waals surface area contributed by atoms with Gasteiger partial charge in [0.15, 0.2) is 5.96 Å². The van der Waals surface area contributed by atoms with Gasteiger partial charge in [-0.3, -0.25) is 0 Å². The normalized spacial score (nSPS) is 19.2. The predicted molar refractivity (Wildman–Crippen MR) is 135 cm³/mol. The molecule has 0 bridgehead atoms. The molecule has 0 atom stereocenters. The van der Waals surface area contributed by atoms with Gasteiger partial charge in [0.25, 0.3) is 0 Å². The van der Waals surface area contributed by atoms with Crippen molar-refractivity contribution in [3.05, 3.63) is 23.9 Å². The molecule has 0 amide bonds. The fourth-order valence-corrected chi connectivity index (χ4v) is 4.27. The van der Waals surface area contributed by atoms with Gasteiger partial charge < -0.3 is 20.3 Å². The Morgan fingerprint density at radius 1 is 1.17 bits per heavy atom. The second-order valence-corrected chi connectivity index (χ2v) is 8.34. The quantitative estimate of drug-likeness (QED) is 0.298. The summed E-state index contributed by atoms with van der Waals surface area (Å²) in [6.07, 6.45) is 11.9. The van der Waals surface area contributed by atoms with Gasteiger partial charge in [-0.1, -0.05) is 13.3 Å². The van der Waals surface area contributed by atoms with Gasteiger partial charge in [-0.05, 0) is 70.0 Å². The maximum atomic E-state index is 6.11. The fourth-order valence-electron chi connectivity index (χ4n) is 4.27. The number of aliphatic imine (C=N–C) groups is 1. The van der Waals surface area contributed by atoms with Crippen molar-refractivity contribution in [3.8, 4) is 5.88 Å². The summed E-state index contributed by atoms with van der Waals surface area (Å²) < 4.78 is 6.11. The lowest BCUT2D eigenvalue weighted by Gasteiger charge is -2.32. The van der Waals surface area contributed by atoms with E-state index in [1.54, 1.807) is 0 Å². The van der Waals surface area contributed by atoms with Crippen molar-refractivity contribution in [2.75, 3.05) is 26.2 Å². The van der Waals surface area contributed by atoms with E-state index in [9.17, 15) is 0 Å². The third kappa shape index (κ3) is 8.57. The zero-order chi connectivity index (χ0) is 20.3. The molecule has 2 heterocycles. The summed E-state index contributed by atoms with van der Waals surface area (Å²) in [7, 11) is 0. The lowest BCUT2D eigenvalue weighted by Crippen LogP contribution is -2.48. The molecular weight excluding hydrogens is 489 g/mol. The molecule has 2 N–H and O–H groups in total. The third-order valence-corrected chi connectivity index (χ3v) is 5.87. The summed E-state index contributed by atoms with van der Waals surface area (Å²) in [5.41, 5.74) is 1.14. The number of hydrogen-bond donors (Lipinski definition) is 2. The van der Waals surface area contributed by atoms with Crippen LogP contribution in [0.25, 0.3) is 0 Å². The van der Waals surface area contributed by atoms with E-state index in [2.05, 4.69) is 34.4 Å². The van der Waals surface area contributed by atoms with E-state index in [-0.39, 0.29) is 24.0 Å². The van der Waals surface area contributed by atoms with Crippen LogP contribution >= 0.6 is 24.0 Å². The molecule has 3 rings (SSSR count).